The summed E-state index contributed by atoms with van der Waals surface area (Å²) in [5.74, 6) is 0. The van der Waals surface area contributed by atoms with Gasteiger partial charge < -0.3 is 5.32 Å². The third kappa shape index (κ3) is 1.40. The molecule has 0 spiro atoms. The highest BCUT2D eigenvalue weighted by Gasteiger charge is 2.22. The van der Waals surface area contributed by atoms with E-state index >= 15 is 0 Å². The van der Waals surface area contributed by atoms with Crippen LogP contribution in [0.2, 0.25) is 0 Å². The average Bonchev–Trinajstić information content (AvgIpc) is 2.74. The molecule has 0 saturated heterocycles. The van der Waals surface area contributed by atoms with Crippen molar-refractivity contribution in [2.24, 2.45) is 7.05 Å². The van der Waals surface area contributed by atoms with Gasteiger partial charge in [0.25, 0.3) is 0 Å². The molecule has 1 saturated carbocycles. The van der Waals surface area contributed by atoms with E-state index in [1.54, 1.807) is 0 Å². The molecule has 11 heavy (non-hydrogen) atoms. The van der Waals surface area contributed by atoms with Crippen molar-refractivity contribution in [2.75, 3.05) is 5.32 Å². The quantitative estimate of drug-likeness (QED) is 0.816. The van der Waals surface area contributed by atoms with E-state index in [0.29, 0.717) is 6.04 Å². The zero-order valence-electron chi connectivity index (χ0n) is 6.34. The summed E-state index contributed by atoms with van der Waals surface area (Å²) in [5.41, 5.74) is 1.11. The molecule has 1 aromatic rings. The van der Waals surface area contributed by atoms with Crippen LogP contribution in [-0.4, -0.2) is 15.8 Å². The molecule has 4 heteroatoms. The first-order valence-corrected chi connectivity index (χ1v) is 4.50. The number of nitrogens with zero attached hydrogens (tertiary/aromatic N) is 2. The molecule has 1 aliphatic carbocycles. The maximum atomic E-state index is 4.10. The van der Waals surface area contributed by atoms with Gasteiger partial charge in [0.05, 0.1) is 11.9 Å². The minimum atomic E-state index is 0.690. The highest BCUT2D eigenvalue weighted by atomic mass is 79.9. The molecule has 0 radical (unpaired) electrons. The third-order valence-corrected chi connectivity index (χ3v) is 2.74. The molecule has 60 valence electrons. The van der Waals surface area contributed by atoms with Gasteiger partial charge in [0.1, 0.15) is 4.60 Å². The van der Waals surface area contributed by atoms with Gasteiger partial charge in [0.2, 0.25) is 0 Å². The van der Waals surface area contributed by atoms with Crippen LogP contribution in [0.25, 0.3) is 0 Å². The third-order valence-electron chi connectivity index (χ3n) is 1.80. The predicted octanol–water partition coefficient (Wildman–Crippen LogP) is 1.76. The van der Waals surface area contributed by atoms with E-state index < -0.39 is 0 Å². The second kappa shape index (κ2) is 2.52. The van der Waals surface area contributed by atoms with Crippen LogP contribution in [0.3, 0.4) is 0 Å². The van der Waals surface area contributed by atoms with Crippen molar-refractivity contribution in [3.05, 3.63) is 10.8 Å². The van der Waals surface area contributed by atoms with Gasteiger partial charge in [0, 0.05) is 13.1 Å². The number of hydrogen-bond donors (Lipinski definition) is 1. The Labute approximate surface area is 73.9 Å². The van der Waals surface area contributed by atoms with Crippen molar-refractivity contribution >= 4 is 21.6 Å². The molecular formula is C7H10BrN3. The van der Waals surface area contributed by atoms with Gasteiger partial charge in [0.15, 0.2) is 0 Å². The first-order valence-electron chi connectivity index (χ1n) is 3.71. The molecule has 1 aliphatic rings. The largest absolute Gasteiger partial charge is 0.379 e. The van der Waals surface area contributed by atoms with Crippen LogP contribution in [0.4, 0.5) is 5.69 Å². The SMILES string of the molecule is Cn1ncc(NC2CC2)c1Br. The molecule has 0 atom stereocenters. The van der Waals surface area contributed by atoms with E-state index in [2.05, 4.69) is 26.3 Å². The zero-order chi connectivity index (χ0) is 7.84. The minimum Gasteiger partial charge on any atom is -0.379 e. The van der Waals surface area contributed by atoms with Crippen molar-refractivity contribution in [3.8, 4) is 0 Å². The minimum absolute atomic E-state index is 0.690. The number of nitrogens with one attached hydrogen (secondary N) is 1. The molecule has 0 aromatic carbocycles. The van der Waals surface area contributed by atoms with E-state index in [1.165, 1.54) is 12.8 Å². The first-order chi connectivity index (χ1) is 5.27. The number of anilines is 1. The van der Waals surface area contributed by atoms with Gasteiger partial charge in [-0.1, -0.05) is 0 Å². The van der Waals surface area contributed by atoms with E-state index in [9.17, 15) is 0 Å². The lowest BCUT2D eigenvalue weighted by Gasteiger charge is -2.00. The molecule has 1 fully saturated rings. The Morgan fingerprint density at radius 2 is 2.45 bits per heavy atom. The van der Waals surface area contributed by atoms with Crippen LogP contribution < -0.4 is 5.32 Å². The molecule has 0 aliphatic heterocycles. The van der Waals surface area contributed by atoms with Crippen molar-refractivity contribution < 1.29 is 0 Å². The summed E-state index contributed by atoms with van der Waals surface area (Å²) in [6, 6.07) is 0.690. The van der Waals surface area contributed by atoms with E-state index in [0.717, 1.165) is 10.3 Å². The van der Waals surface area contributed by atoms with Gasteiger partial charge >= 0.3 is 0 Å². The Morgan fingerprint density at radius 1 is 1.73 bits per heavy atom. The molecule has 2 rings (SSSR count). The monoisotopic (exact) mass is 215 g/mol. The molecular weight excluding hydrogens is 206 g/mol. The average molecular weight is 216 g/mol. The summed E-state index contributed by atoms with van der Waals surface area (Å²) in [4.78, 5) is 0. The fraction of sp³-hybridized carbons (Fsp3) is 0.571. The first kappa shape index (κ1) is 7.16. The molecule has 3 nitrogen and oxygen atoms in total. The summed E-state index contributed by atoms with van der Waals surface area (Å²) in [7, 11) is 1.92. The van der Waals surface area contributed by atoms with Gasteiger partial charge in [-0.15, -0.1) is 0 Å². The topological polar surface area (TPSA) is 29.9 Å². The van der Waals surface area contributed by atoms with Crippen LogP contribution in [0.15, 0.2) is 10.8 Å². The highest BCUT2D eigenvalue weighted by Crippen LogP contribution is 2.28. The van der Waals surface area contributed by atoms with Gasteiger partial charge in [-0.3, -0.25) is 4.68 Å². The van der Waals surface area contributed by atoms with Crippen molar-refractivity contribution in [2.45, 2.75) is 18.9 Å². The summed E-state index contributed by atoms with van der Waals surface area (Å²) in [5, 5.41) is 7.48. The standard InChI is InChI=1S/C7H10BrN3/c1-11-7(8)6(4-9-11)10-5-2-3-5/h4-5,10H,2-3H2,1H3. The predicted molar refractivity (Wildman–Crippen MR) is 47.6 cm³/mol. The van der Waals surface area contributed by atoms with Crippen LogP contribution in [0.5, 0.6) is 0 Å². The number of aryl methyl sites for hydroxylation is 1. The Morgan fingerprint density at radius 3 is 2.91 bits per heavy atom. The van der Waals surface area contributed by atoms with Crippen molar-refractivity contribution in [1.29, 1.82) is 0 Å². The maximum absolute atomic E-state index is 4.10. The van der Waals surface area contributed by atoms with Crippen LogP contribution >= 0.6 is 15.9 Å². The van der Waals surface area contributed by atoms with Crippen LogP contribution in [-0.2, 0) is 7.05 Å². The molecule has 0 amide bonds. The van der Waals surface area contributed by atoms with Crippen LogP contribution in [0.1, 0.15) is 12.8 Å². The highest BCUT2D eigenvalue weighted by molar-refractivity contribution is 9.10. The summed E-state index contributed by atoms with van der Waals surface area (Å²) in [6.07, 6.45) is 4.44. The van der Waals surface area contributed by atoms with E-state index in [1.807, 2.05) is 17.9 Å². The molecule has 0 unspecified atom stereocenters. The smallest absolute Gasteiger partial charge is 0.126 e. The second-order valence-corrected chi connectivity index (χ2v) is 3.64. The second-order valence-electron chi connectivity index (χ2n) is 2.89. The Kier molecular flexibility index (Phi) is 1.64. The van der Waals surface area contributed by atoms with Crippen LogP contribution in [0, 0.1) is 0 Å². The number of aromatic nitrogens is 2. The van der Waals surface area contributed by atoms with Crippen molar-refractivity contribution in [3.63, 3.8) is 0 Å². The van der Waals surface area contributed by atoms with E-state index in [4.69, 9.17) is 0 Å². The van der Waals surface area contributed by atoms with Gasteiger partial charge in [-0.05, 0) is 28.8 Å². The fourth-order valence-corrected chi connectivity index (χ4v) is 1.28. The summed E-state index contributed by atoms with van der Waals surface area (Å²) in [6.45, 7) is 0. The molecule has 1 heterocycles. The lowest BCUT2D eigenvalue weighted by molar-refractivity contribution is 0.750. The lowest BCUT2D eigenvalue weighted by atomic mass is 10.5. The molecule has 1 N–H and O–H groups in total. The van der Waals surface area contributed by atoms with E-state index in [-0.39, 0.29) is 0 Å². The number of halogens is 1. The normalized spacial score (nSPS) is 16.9. The Balaban J connectivity index is 2.15. The molecule has 0 bridgehead atoms. The number of rotatable bonds is 2. The fourth-order valence-electron chi connectivity index (χ4n) is 0.967. The Bertz CT molecular complexity index is 265. The zero-order valence-corrected chi connectivity index (χ0v) is 7.93. The lowest BCUT2D eigenvalue weighted by Crippen LogP contribution is -2.00. The molecule has 1 aromatic heterocycles. The number of hydrogen-bond acceptors (Lipinski definition) is 2. The van der Waals surface area contributed by atoms with Gasteiger partial charge in [-0.25, -0.2) is 0 Å². The van der Waals surface area contributed by atoms with Crippen molar-refractivity contribution in [1.82, 2.24) is 9.78 Å². The Hall–Kier alpha value is -0.510. The summed E-state index contributed by atoms with van der Waals surface area (Å²) < 4.78 is 2.84. The van der Waals surface area contributed by atoms with Gasteiger partial charge in [-0.2, -0.15) is 5.10 Å². The summed E-state index contributed by atoms with van der Waals surface area (Å²) >= 11 is 3.44. The maximum Gasteiger partial charge on any atom is 0.126 e.